The van der Waals surface area contributed by atoms with Crippen LogP contribution in [0.4, 0.5) is 0 Å². The zero-order valence-electron chi connectivity index (χ0n) is 11.1. The molecular formula is C14H23NO. The van der Waals surface area contributed by atoms with Crippen LogP contribution in [0.25, 0.3) is 11.6 Å². The summed E-state index contributed by atoms with van der Waals surface area (Å²) in [5, 5.41) is 0. The molecule has 0 aliphatic heterocycles. The standard InChI is InChI=1S/C11H15NO.C3H8/c1-5-7-8(3)11-10(6-2)12-9(4)13-11;1-3-2/h6-7H,2,5H2,1,3-4H3;3H2,1-2H3/b8-7-;. The third-order valence-electron chi connectivity index (χ3n) is 1.82. The highest BCUT2D eigenvalue weighted by Crippen LogP contribution is 2.21. The largest absolute Gasteiger partial charge is 0.441 e. The Bertz CT molecular complexity index is 348. The van der Waals surface area contributed by atoms with Crippen molar-refractivity contribution in [2.45, 2.75) is 47.5 Å². The topological polar surface area (TPSA) is 26.0 Å². The number of hydrogen-bond donors (Lipinski definition) is 0. The van der Waals surface area contributed by atoms with E-state index >= 15 is 0 Å². The van der Waals surface area contributed by atoms with Gasteiger partial charge in [-0.1, -0.05) is 39.8 Å². The number of hydrogen-bond acceptors (Lipinski definition) is 2. The maximum Gasteiger partial charge on any atom is 0.192 e. The van der Waals surface area contributed by atoms with E-state index in [1.165, 1.54) is 6.42 Å². The Labute approximate surface area is 99.1 Å². The van der Waals surface area contributed by atoms with E-state index in [1.54, 1.807) is 6.08 Å². The molecule has 2 heteroatoms. The maximum atomic E-state index is 5.47. The van der Waals surface area contributed by atoms with E-state index in [2.05, 4.69) is 38.4 Å². The molecule has 0 unspecified atom stereocenters. The second-order valence-electron chi connectivity index (χ2n) is 3.65. The predicted octanol–water partition coefficient (Wildman–Crippen LogP) is 4.86. The second-order valence-corrected chi connectivity index (χ2v) is 3.65. The number of aromatic nitrogens is 1. The lowest BCUT2D eigenvalue weighted by Gasteiger charge is -1.95. The Kier molecular flexibility index (Phi) is 7.27. The smallest absolute Gasteiger partial charge is 0.192 e. The third kappa shape index (κ3) is 4.47. The lowest BCUT2D eigenvalue weighted by molar-refractivity contribution is 0.509. The van der Waals surface area contributed by atoms with Crippen molar-refractivity contribution >= 4 is 11.6 Å². The lowest BCUT2D eigenvalue weighted by Crippen LogP contribution is -1.80. The number of oxazole rings is 1. The molecule has 90 valence electrons. The van der Waals surface area contributed by atoms with Crippen molar-refractivity contribution in [3.8, 4) is 0 Å². The summed E-state index contributed by atoms with van der Waals surface area (Å²) in [4.78, 5) is 4.21. The SMILES string of the molecule is C=Cc1nc(C)oc1/C(C)=C\CC.CCC. The minimum Gasteiger partial charge on any atom is -0.441 e. The Hall–Kier alpha value is -1.31. The van der Waals surface area contributed by atoms with Crippen LogP contribution in [-0.4, -0.2) is 4.98 Å². The van der Waals surface area contributed by atoms with E-state index in [0.29, 0.717) is 5.89 Å². The molecule has 0 aliphatic carbocycles. The molecule has 1 aromatic rings. The molecule has 1 heterocycles. The second kappa shape index (κ2) is 7.91. The summed E-state index contributed by atoms with van der Waals surface area (Å²) in [7, 11) is 0. The van der Waals surface area contributed by atoms with E-state index in [0.717, 1.165) is 23.4 Å². The van der Waals surface area contributed by atoms with E-state index in [4.69, 9.17) is 4.42 Å². The fourth-order valence-electron chi connectivity index (χ4n) is 1.26. The van der Waals surface area contributed by atoms with Crippen molar-refractivity contribution in [1.82, 2.24) is 4.98 Å². The molecule has 0 aliphatic rings. The molecule has 0 fully saturated rings. The molecule has 0 atom stereocenters. The number of rotatable bonds is 3. The van der Waals surface area contributed by atoms with Crippen molar-refractivity contribution < 1.29 is 4.42 Å². The lowest BCUT2D eigenvalue weighted by atomic mass is 10.1. The summed E-state index contributed by atoms with van der Waals surface area (Å²) < 4.78 is 5.47. The van der Waals surface area contributed by atoms with Crippen LogP contribution in [0.5, 0.6) is 0 Å². The van der Waals surface area contributed by atoms with Gasteiger partial charge in [-0.25, -0.2) is 4.98 Å². The van der Waals surface area contributed by atoms with E-state index in [9.17, 15) is 0 Å². The van der Waals surface area contributed by atoms with Crippen molar-refractivity contribution in [3.05, 3.63) is 30.0 Å². The number of allylic oxidation sites excluding steroid dienone is 2. The first-order valence-electron chi connectivity index (χ1n) is 5.87. The first kappa shape index (κ1) is 14.7. The van der Waals surface area contributed by atoms with E-state index in [-0.39, 0.29) is 0 Å². The molecule has 1 aromatic heterocycles. The minimum absolute atomic E-state index is 0.689. The van der Waals surface area contributed by atoms with Gasteiger partial charge in [0.15, 0.2) is 11.7 Å². The predicted molar refractivity (Wildman–Crippen MR) is 71.2 cm³/mol. The highest BCUT2D eigenvalue weighted by molar-refractivity contribution is 5.66. The first-order chi connectivity index (χ1) is 7.60. The zero-order chi connectivity index (χ0) is 12.6. The summed E-state index contributed by atoms with van der Waals surface area (Å²) in [5.41, 5.74) is 1.96. The summed E-state index contributed by atoms with van der Waals surface area (Å²) in [6.07, 6.45) is 6.09. The van der Waals surface area contributed by atoms with Crippen LogP contribution >= 0.6 is 0 Å². The average Bonchev–Trinajstić information content (AvgIpc) is 2.61. The van der Waals surface area contributed by atoms with Crippen molar-refractivity contribution in [2.75, 3.05) is 0 Å². The first-order valence-corrected chi connectivity index (χ1v) is 5.87. The highest BCUT2D eigenvalue weighted by Gasteiger charge is 2.08. The van der Waals surface area contributed by atoms with Crippen LogP contribution in [-0.2, 0) is 0 Å². The van der Waals surface area contributed by atoms with Gasteiger partial charge >= 0.3 is 0 Å². The van der Waals surface area contributed by atoms with Gasteiger partial charge in [0.1, 0.15) is 5.69 Å². The number of aryl methyl sites for hydroxylation is 1. The van der Waals surface area contributed by atoms with Crippen molar-refractivity contribution in [3.63, 3.8) is 0 Å². The molecule has 0 bridgehead atoms. The Balaban J connectivity index is 0.000000673. The molecule has 16 heavy (non-hydrogen) atoms. The highest BCUT2D eigenvalue weighted by atomic mass is 16.4. The van der Waals surface area contributed by atoms with Crippen LogP contribution in [0.15, 0.2) is 17.1 Å². The molecule has 2 nitrogen and oxygen atoms in total. The zero-order valence-corrected chi connectivity index (χ0v) is 11.1. The van der Waals surface area contributed by atoms with E-state index < -0.39 is 0 Å². The van der Waals surface area contributed by atoms with Gasteiger partial charge < -0.3 is 4.42 Å². The molecule has 0 spiro atoms. The van der Waals surface area contributed by atoms with Crippen LogP contribution in [0.2, 0.25) is 0 Å². The molecule has 1 rings (SSSR count). The number of nitrogens with zero attached hydrogens (tertiary/aromatic N) is 1. The van der Waals surface area contributed by atoms with Crippen LogP contribution < -0.4 is 0 Å². The average molecular weight is 221 g/mol. The molecule has 0 saturated heterocycles. The van der Waals surface area contributed by atoms with Gasteiger partial charge in [-0.3, -0.25) is 0 Å². The summed E-state index contributed by atoms with van der Waals surface area (Å²) >= 11 is 0. The Morgan fingerprint density at radius 2 is 1.94 bits per heavy atom. The van der Waals surface area contributed by atoms with Gasteiger partial charge in [0.05, 0.1) is 0 Å². The van der Waals surface area contributed by atoms with Gasteiger partial charge in [-0.05, 0) is 25.0 Å². The van der Waals surface area contributed by atoms with Gasteiger partial charge in [0.2, 0.25) is 0 Å². The molecule has 0 N–H and O–H groups in total. The van der Waals surface area contributed by atoms with Gasteiger partial charge in [-0.15, -0.1) is 0 Å². The monoisotopic (exact) mass is 221 g/mol. The van der Waals surface area contributed by atoms with Gasteiger partial charge in [0.25, 0.3) is 0 Å². The Morgan fingerprint density at radius 3 is 2.38 bits per heavy atom. The molecule has 0 radical (unpaired) electrons. The molecule has 0 saturated carbocycles. The fraction of sp³-hybridized carbons (Fsp3) is 0.500. The maximum absolute atomic E-state index is 5.47. The summed E-state index contributed by atoms with van der Waals surface area (Å²) in [6, 6.07) is 0. The molecule has 0 amide bonds. The van der Waals surface area contributed by atoms with Crippen LogP contribution in [0.3, 0.4) is 0 Å². The molecular weight excluding hydrogens is 198 g/mol. The van der Waals surface area contributed by atoms with Crippen molar-refractivity contribution in [1.29, 1.82) is 0 Å². The van der Waals surface area contributed by atoms with E-state index in [1.807, 2.05) is 13.8 Å². The normalized spacial score (nSPS) is 10.7. The van der Waals surface area contributed by atoms with Crippen LogP contribution in [0.1, 0.15) is 57.9 Å². The Morgan fingerprint density at radius 1 is 1.38 bits per heavy atom. The minimum atomic E-state index is 0.689. The van der Waals surface area contributed by atoms with Gasteiger partial charge in [-0.2, -0.15) is 0 Å². The fourth-order valence-corrected chi connectivity index (χ4v) is 1.26. The van der Waals surface area contributed by atoms with Crippen LogP contribution in [0, 0.1) is 6.92 Å². The quantitative estimate of drug-likeness (QED) is 0.728. The summed E-state index contributed by atoms with van der Waals surface area (Å²) in [6.45, 7) is 13.9. The van der Waals surface area contributed by atoms with Crippen molar-refractivity contribution in [2.24, 2.45) is 0 Å². The summed E-state index contributed by atoms with van der Waals surface area (Å²) in [5.74, 6) is 1.53. The molecule has 0 aromatic carbocycles. The third-order valence-corrected chi connectivity index (χ3v) is 1.82. The van der Waals surface area contributed by atoms with Gasteiger partial charge in [0, 0.05) is 6.92 Å².